The molecule has 0 rings (SSSR count). The molecule has 2 nitrogen and oxygen atoms in total. The highest BCUT2D eigenvalue weighted by atomic mass is 16.5. The zero-order valence-electron chi connectivity index (χ0n) is 9.46. The van der Waals surface area contributed by atoms with Crippen molar-refractivity contribution in [3.8, 4) is 0 Å². The van der Waals surface area contributed by atoms with Crippen LogP contribution in [0.4, 0.5) is 0 Å². The monoisotopic (exact) mass is 186 g/mol. The summed E-state index contributed by atoms with van der Waals surface area (Å²) in [7, 11) is 0. The summed E-state index contributed by atoms with van der Waals surface area (Å²) in [5.74, 6) is 0.709. The Balaban J connectivity index is 4.14. The molecule has 0 saturated heterocycles. The standard InChI is InChI=1S/C11H22O2/c1-6-7-9(4)11(8(2)3)13-10(5)12/h8-9,11H,6-7H2,1-5H3. The molecule has 0 aromatic carbocycles. The van der Waals surface area contributed by atoms with E-state index in [4.69, 9.17) is 4.74 Å². The van der Waals surface area contributed by atoms with Crippen LogP contribution in [0.5, 0.6) is 0 Å². The molecule has 13 heavy (non-hydrogen) atoms. The van der Waals surface area contributed by atoms with Gasteiger partial charge in [0.1, 0.15) is 6.10 Å². The van der Waals surface area contributed by atoms with Gasteiger partial charge in [-0.15, -0.1) is 0 Å². The van der Waals surface area contributed by atoms with E-state index in [0.717, 1.165) is 12.8 Å². The minimum absolute atomic E-state index is 0.0810. The van der Waals surface area contributed by atoms with Gasteiger partial charge in [-0.3, -0.25) is 4.79 Å². The molecule has 0 spiro atoms. The Bertz CT molecular complexity index is 152. The van der Waals surface area contributed by atoms with E-state index >= 15 is 0 Å². The van der Waals surface area contributed by atoms with Crippen molar-refractivity contribution in [2.45, 2.75) is 53.6 Å². The Morgan fingerprint density at radius 3 is 2.15 bits per heavy atom. The van der Waals surface area contributed by atoms with Gasteiger partial charge in [-0.25, -0.2) is 0 Å². The summed E-state index contributed by atoms with van der Waals surface area (Å²) in [5, 5.41) is 0. The maximum absolute atomic E-state index is 10.8. The fourth-order valence-corrected chi connectivity index (χ4v) is 1.72. The molecule has 0 fully saturated rings. The smallest absolute Gasteiger partial charge is 0.302 e. The third-order valence-electron chi connectivity index (χ3n) is 2.26. The molecule has 0 aromatic heterocycles. The van der Waals surface area contributed by atoms with Crippen LogP contribution in [-0.4, -0.2) is 12.1 Å². The van der Waals surface area contributed by atoms with Crippen molar-refractivity contribution in [3.05, 3.63) is 0 Å². The first-order valence-electron chi connectivity index (χ1n) is 5.16. The predicted octanol–water partition coefficient (Wildman–Crippen LogP) is 3.01. The van der Waals surface area contributed by atoms with Gasteiger partial charge >= 0.3 is 5.97 Å². The van der Waals surface area contributed by atoms with E-state index in [1.165, 1.54) is 6.92 Å². The summed E-state index contributed by atoms with van der Waals surface area (Å²) < 4.78 is 5.29. The van der Waals surface area contributed by atoms with Gasteiger partial charge in [0.05, 0.1) is 0 Å². The summed E-state index contributed by atoms with van der Waals surface area (Å²) in [6, 6.07) is 0. The van der Waals surface area contributed by atoms with Gasteiger partial charge in [0.2, 0.25) is 0 Å². The van der Waals surface area contributed by atoms with Crippen LogP contribution in [0.1, 0.15) is 47.5 Å². The molecule has 78 valence electrons. The Morgan fingerprint density at radius 1 is 1.31 bits per heavy atom. The summed E-state index contributed by atoms with van der Waals surface area (Å²) >= 11 is 0. The Labute approximate surface area is 81.7 Å². The number of carbonyl (C=O) groups is 1. The van der Waals surface area contributed by atoms with Gasteiger partial charge < -0.3 is 4.74 Å². The van der Waals surface area contributed by atoms with Gasteiger partial charge in [-0.1, -0.05) is 34.1 Å². The van der Waals surface area contributed by atoms with Gasteiger partial charge in [-0.2, -0.15) is 0 Å². The molecule has 2 unspecified atom stereocenters. The van der Waals surface area contributed by atoms with Crippen molar-refractivity contribution in [3.63, 3.8) is 0 Å². The molecule has 0 radical (unpaired) electrons. The number of carbonyl (C=O) groups excluding carboxylic acids is 1. The van der Waals surface area contributed by atoms with E-state index in [2.05, 4.69) is 27.7 Å². The second kappa shape index (κ2) is 6.01. The number of ether oxygens (including phenoxy) is 1. The SMILES string of the molecule is CCCC(C)C(OC(C)=O)C(C)C. The molecular formula is C11H22O2. The predicted molar refractivity (Wildman–Crippen MR) is 54.5 cm³/mol. The fourth-order valence-electron chi connectivity index (χ4n) is 1.72. The Kier molecular flexibility index (Phi) is 5.76. The molecule has 0 aromatic rings. The Hall–Kier alpha value is -0.530. The number of esters is 1. The van der Waals surface area contributed by atoms with E-state index in [1.54, 1.807) is 0 Å². The Morgan fingerprint density at radius 2 is 1.85 bits per heavy atom. The lowest BCUT2D eigenvalue weighted by molar-refractivity contribution is -0.151. The fraction of sp³-hybridized carbons (Fsp3) is 0.909. The largest absolute Gasteiger partial charge is 0.462 e. The molecule has 0 heterocycles. The van der Waals surface area contributed by atoms with Gasteiger partial charge in [-0.05, 0) is 18.3 Å². The number of rotatable bonds is 5. The first-order valence-corrected chi connectivity index (χ1v) is 5.16. The molecule has 0 saturated carbocycles. The van der Waals surface area contributed by atoms with Crippen molar-refractivity contribution in [2.24, 2.45) is 11.8 Å². The van der Waals surface area contributed by atoms with Crippen LogP contribution in [0.15, 0.2) is 0 Å². The van der Waals surface area contributed by atoms with Crippen molar-refractivity contribution >= 4 is 5.97 Å². The van der Waals surface area contributed by atoms with Crippen LogP contribution in [0.3, 0.4) is 0 Å². The summed E-state index contributed by atoms with van der Waals surface area (Å²) in [5.41, 5.74) is 0. The van der Waals surface area contributed by atoms with Crippen molar-refractivity contribution in [1.82, 2.24) is 0 Å². The topological polar surface area (TPSA) is 26.3 Å². The maximum Gasteiger partial charge on any atom is 0.302 e. The maximum atomic E-state index is 10.8. The second-order valence-electron chi connectivity index (χ2n) is 4.08. The third-order valence-corrected chi connectivity index (χ3v) is 2.26. The lowest BCUT2D eigenvalue weighted by Crippen LogP contribution is -2.29. The molecule has 0 aliphatic rings. The molecule has 0 amide bonds. The highest BCUT2D eigenvalue weighted by molar-refractivity contribution is 5.66. The second-order valence-corrected chi connectivity index (χ2v) is 4.08. The number of hydrogen-bond donors (Lipinski definition) is 0. The molecule has 2 heteroatoms. The molecular weight excluding hydrogens is 164 g/mol. The van der Waals surface area contributed by atoms with Gasteiger partial charge in [0.15, 0.2) is 0 Å². The lowest BCUT2D eigenvalue weighted by Gasteiger charge is -2.26. The van der Waals surface area contributed by atoms with E-state index in [9.17, 15) is 4.79 Å². The summed E-state index contributed by atoms with van der Waals surface area (Å²) in [6.45, 7) is 9.98. The first kappa shape index (κ1) is 12.5. The quantitative estimate of drug-likeness (QED) is 0.617. The van der Waals surface area contributed by atoms with Crippen LogP contribution in [0.2, 0.25) is 0 Å². The normalized spacial score (nSPS) is 15.5. The minimum atomic E-state index is -0.165. The van der Waals surface area contributed by atoms with Crippen molar-refractivity contribution in [1.29, 1.82) is 0 Å². The van der Waals surface area contributed by atoms with E-state index in [0.29, 0.717) is 11.8 Å². The van der Waals surface area contributed by atoms with Crippen molar-refractivity contribution < 1.29 is 9.53 Å². The zero-order chi connectivity index (χ0) is 10.4. The number of hydrogen-bond acceptors (Lipinski definition) is 2. The molecule has 0 N–H and O–H groups in total. The van der Waals surface area contributed by atoms with Crippen LogP contribution < -0.4 is 0 Å². The van der Waals surface area contributed by atoms with Crippen molar-refractivity contribution in [2.75, 3.05) is 0 Å². The van der Waals surface area contributed by atoms with Crippen LogP contribution in [0.25, 0.3) is 0 Å². The first-order chi connectivity index (χ1) is 5.99. The summed E-state index contributed by atoms with van der Waals surface area (Å²) in [6.07, 6.45) is 2.35. The van der Waals surface area contributed by atoms with E-state index in [1.807, 2.05) is 0 Å². The van der Waals surface area contributed by atoms with Crippen LogP contribution in [0, 0.1) is 11.8 Å². The van der Waals surface area contributed by atoms with E-state index < -0.39 is 0 Å². The molecule has 2 atom stereocenters. The lowest BCUT2D eigenvalue weighted by atomic mass is 9.91. The highest BCUT2D eigenvalue weighted by Crippen LogP contribution is 2.20. The summed E-state index contributed by atoms with van der Waals surface area (Å²) in [4.78, 5) is 10.8. The molecule has 0 bridgehead atoms. The third kappa shape index (κ3) is 4.91. The minimum Gasteiger partial charge on any atom is -0.462 e. The van der Waals surface area contributed by atoms with Crippen LogP contribution in [-0.2, 0) is 9.53 Å². The highest BCUT2D eigenvalue weighted by Gasteiger charge is 2.22. The average molecular weight is 186 g/mol. The average Bonchev–Trinajstić information content (AvgIpc) is 1.99. The van der Waals surface area contributed by atoms with E-state index in [-0.39, 0.29) is 12.1 Å². The van der Waals surface area contributed by atoms with Gasteiger partial charge in [0.25, 0.3) is 0 Å². The molecule has 0 aliphatic carbocycles. The molecule has 0 aliphatic heterocycles. The van der Waals surface area contributed by atoms with Gasteiger partial charge in [0, 0.05) is 6.92 Å². The zero-order valence-corrected chi connectivity index (χ0v) is 9.46. The van der Waals surface area contributed by atoms with Crippen LogP contribution >= 0.6 is 0 Å².